The van der Waals surface area contributed by atoms with E-state index in [1.165, 1.54) is 43.6 Å². The number of piperidine rings is 2. The molecule has 0 radical (unpaired) electrons. The highest BCUT2D eigenvalue weighted by Crippen LogP contribution is 2.39. The summed E-state index contributed by atoms with van der Waals surface area (Å²) in [5.41, 5.74) is 5.87. The Morgan fingerprint density at radius 2 is 2.10 bits per heavy atom. The zero-order valence-corrected chi connectivity index (χ0v) is 13.1. The van der Waals surface area contributed by atoms with Gasteiger partial charge in [-0.15, -0.1) is 0 Å². The van der Waals surface area contributed by atoms with Gasteiger partial charge in [-0.05, 0) is 51.2 Å². The van der Waals surface area contributed by atoms with Crippen molar-refractivity contribution in [3.63, 3.8) is 0 Å². The lowest BCUT2D eigenvalue weighted by molar-refractivity contribution is 0.0608. The molecular formula is C14H24N4OS. The fourth-order valence-corrected chi connectivity index (χ4v) is 4.33. The number of hydrogen-bond acceptors (Lipinski definition) is 6. The van der Waals surface area contributed by atoms with Crippen LogP contribution in [0.15, 0.2) is 0 Å². The van der Waals surface area contributed by atoms with E-state index in [9.17, 15) is 0 Å². The topological polar surface area (TPSA) is 63.4 Å². The van der Waals surface area contributed by atoms with Crippen molar-refractivity contribution >= 4 is 22.4 Å². The largest absolute Gasteiger partial charge is 0.487 e. The van der Waals surface area contributed by atoms with Crippen LogP contribution in [0.2, 0.25) is 0 Å². The molecule has 3 rings (SSSR count). The zero-order valence-electron chi connectivity index (χ0n) is 12.3. The van der Waals surface area contributed by atoms with E-state index in [1.807, 2.05) is 6.92 Å². The van der Waals surface area contributed by atoms with Crippen LogP contribution >= 0.6 is 11.5 Å². The summed E-state index contributed by atoms with van der Waals surface area (Å²) in [4.78, 5) is 2.58. The Morgan fingerprint density at radius 3 is 2.75 bits per heavy atom. The lowest BCUT2D eigenvalue weighted by Gasteiger charge is -2.47. The number of rotatable bonds is 4. The predicted octanol–water partition coefficient (Wildman–Crippen LogP) is 2.55. The Labute approximate surface area is 124 Å². The lowest BCUT2D eigenvalue weighted by atomic mass is 9.82. The van der Waals surface area contributed by atoms with Gasteiger partial charge in [-0.2, -0.15) is 4.37 Å². The van der Waals surface area contributed by atoms with Gasteiger partial charge in [0.1, 0.15) is 0 Å². The van der Waals surface area contributed by atoms with Crippen LogP contribution in [-0.4, -0.2) is 41.1 Å². The van der Waals surface area contributed by atoms with Gasteiger partial charge in [-0.1, -0.05) is 6.42 Å². The molecule has 2 aliphatic heterocycles. The van der Waals surface area contributed by atoms with Crippen molar-refractivity contribution in [3.05, 3.63) is 0 Å². The van der Waals surface area contributed by atoms with Gasteiger partial charge in [0, 0.05) is 18.1 Å². The van der Waals surface area contributed by atoms with Crippen LogP contribution in [0.4, 0.5) is 10.8 Å². The molecule has 2 bridgehead atoms. The molecule has 2 saturated heterocycles. The molecule has 2 aliphatic rings. The number of nitrogens with one attached hydrogen (secondary N) is 1. The molecule has 0 aromatic carbocycles. The van der Waals surface area contributed by atoms with Crippen LogP contribution < -0.4 is 15.8 Å². The van der Waals surface area contributed by atoms with Crippen molar-refractivity contribution in [1.82, 2.24) is 9.27 Å². The maximum Gasteiger partial charge on any atom is 0.197 e. The van der Waals surface area contributed by atoms with Gasteiger partial charge in [0.15, 0.2) is 16.6 Å². The molecule has 0 amide bonds. The lowest BCUT2D eigenvalue weighted by Crippen LogP contribution is -2.52. The molecule has 0 aliphatic carbocycles. The highest BCUT2D eigenvalue weighted by Gasteiger charge is 2.36. The van der Waals surface area contributed by atoms with Gasteiger partial charge in [-0.25, -0.2) is 0 Å². The summed E-state index contributed by atoms with van der Waals surface area (Å²) in [6, 6.07) is 1.96. The van der Waals surface area contributed by atoms with E-state index in [1.54, 1.807) is 0 Å². The molecule has 3 N–H and O–H groups in total. The molecule has 1 aromatic heterocycles. The molecule has 1 aromatic rings. The number of nitrogen functional groups attached to an aromatic ring is 1. The molecular weight excluding hydrogens is 272 g/mol. The fourth-order valence-electron chi connectivity index (χ4n) is 3.59. The van der Waals surface area contributed by atoms with Crippen LogP contribution in [0.3, 0.4) is 0 Å². The van der Waals surface area contributed by atoms with E-state index in [-0.39, 0.29) is 0 Å². The first kappa shape index (κ1) is 13.9. The minimum atomic E-state index is 0.507. The maximum atomic E-state index is 5.87. The number of hydrogen-bond donors (Lipinski definition) is 2. The smallest absolute Gasteiger partial charge is 0.197 e. The average Bonchev–Trinajstić information content (AvgIpc) is 2.73. The van der Waals surface area contributed by atoms with Gasteiger partial charge in [0.25, 0.3) is 0 Å². The second kappa shape index (κ2) is 5.77. The summed E-state index contributed by atoms with van der Waals surface area (Å²) in [7, 11) is 2.28. The summed E-state index contributed by atoms with van der Waals surface area (Å²) in [5, 5.41) is 4.63. The van der Waals surface area contributed by atoms with Crippen LogP contribution in [0.25, 0.3) is 0 Å². The predicted molar refractivity (Wildman–Crippen MR) is 83.5 cm³/mol. The highest BCUT2D eigenvalue weighted by atomic mass is 32.1. The normalized spacial score (nSPS) is 30.2. The first-order valence-corrected chi connectivity index (χ1v) is 8.32. The zero-order chi connectivity index (χ0) is 14.1. The summed E-state index contributed by atoms with van der Waals surface area (Å²) in [6.07, 6.45) is 6.44. The molecule has 5 nitrogen and oxygen atoms in total. The van der Waals surface area contributed by atoms with Gasteiger partial charge < -0.3 is 20.7 Å². The van der Waals surface area contributed by atoms with Crippen molar-refractivity contribution in [2.75, 3.05) is 24.7 Å². The third-order valence-corrected chi connectivity index (χ3v) is 5.41. The Kier molecular flexibility index (Phi) is 4.03. The number of nitrogens with zero attached hydrogens (tertiary/aromatic N) is 2. The fraction of sp³-hybridized carbons (Fsp3) is 0.786. The van der Waals surface area contributed by atoms with Crippen LogP contribution in [0, 0.1) is 0 Å². The number of fused-ring (bicyclic) bond motifs is 2. The molecule has 2 atom stereocenters. The van der Waals surface area contributed by atoms with Crippen molar-refractivity contribution in [3.8, 4) is 5.75 Å². The Bertz CT molecular complexity index is 450. The van der Waals surface area contributed by atoms with Gasteiger partial charge >= 0.3 is 0 Å². The third kappa shape index (κ3) is 2.59. The molecule has 2 unspecified atom stereocenters. The maximum absolute atomic E-state index is 5.87. The van der Waals surface area contributed by atoms with Gasteiger partial charge in [-0.3, -0.25) is 0 Å². The third-order valence-electron chi connectivity index (χ3n) is 4.64. The van der Waals surface area contributed by atoms with Crippen molar-refractivity contribution < 1.29 is 4.74 Å². The molecule has 112 valence electrons. The summed E-state index contributed by atoms with van der Waals surface area (Å²) in [5.74, 6) is 1.24. The summed E-state index contributed by atoms with van der Waals surface area (Å²) < 4.78 is 9.82. The van der Waals surface area contributed by atoms with Gasteiger partial charge in [0.2, 0.25) is 0 Å². The Hall–Kier alpha value is -1.01. The van der Waals surface area contributed by atoms with Crippen molar-refractivity contribution in [2.45, 2.75) is 57.2 Å². The standard InChI is InChI=1S/C14H24N4OS/c1-3-19-12-13(15)17-20-14(12)16-9-7-10-5-4-6-11(8-9)18(10)2/h9-11,16H,3-8H2,1-2H3,(H2,15,17). The van der Waals surface area contributed by atoms with Crippen molar-refractivity contribution in [1.29, 1.82) is 0 Å². The van der Waals surface area contributed by atoms with E-state index < -0.39 is 0 Å². The highest BCUT2D eigenvalue weighted by molar-refractivity contribution is 7.11. The number of nitrogens with two attached hydrogens (primary N) is 1. The molecule has 20 heavy (non-hydrogen) atoms. The van der Waals surface area contributed by atoms with E-state index in [2.05, 4.69) is 21.6 Å². The second-order valence-electron chi connectivity index (χ2n) is 5.88. The monoisotopic (exact) mass is 296 g/mol. The first-order valence-electron chi connectivity index (χ1n) is 7.55. The Balaban J connectivity index is 1.69. The Morgan fingerprint density at radius 1 is 1.40 bits per heavy atom. The quantitative estimate of drug-likeness (QED) is 0.894. The van der Waals surface area contributed by atoms with Crippen LogP contribution in [0.5, 0.6) is 5.75 Å². The summed E-state index contributed by atoms with van der Waals surface area (Å²) in [6.45, 7) is 2.59. The van der Waals surface area contributed by atoms with Gasteiger partial charge in [0.05, 0.1) is 6.61 Å². The van der Waals surface area contributed by atoms with E-state index in [0.29, 0.717) is 18.5 Å². The van der Waals surface area contributed by atoms with E-state index in [0.717, 1.165) is 22.8 Å². The number of ether oxygens (including phenoxy) is 1. The average molecular weight is 296 g/mol. The van der Waals surface area contributed by atoms with Crippen molar-refractivity contribution in [2.24, 2.45) is 0 Å². The van der Waals surface area contributed by atoms with E-state index >= 15 is 0 Å². The first-order chi connectivity index (χ1) is 9.69. The van der Waals surface area contributed by atoms with Crippen LogP contribution in [-0.2, 0) is 0 Å². The minimum absolute atomic E-state index is 0.507. The molecule has 2 fully saturated rings. The minimum Gasteiger partial charge on any atom is -0.487 e. The molecule has 3 heterocycles. The molecule has 6 heteroatoms. The summed E-state index contributed by atoms with van der Waals surface area (Å²) >= 11 is 1.41. The number of aromatic nitrogens is 1. The molecule has 0 spiro atoms. The van der Waals surface area contributed by atoms with E-state index in [4.69, 9.17) is 10.5 Å². The molecule has 0 saturated carbocycles. The SMILES string of the molecule is CCOc1c(N)nsc1NC1CC2CCCC(C1)N2C. The second-order valence-corrected chi connectivity index (χ2v) is 6.65. The number of anilines is 2. The van der Waals surface area contributed by atoms with Crippen LogP contribution in [0.1, 0.15) is 39.0 Å².